The number of thioether (sulfide) groups is 1. The fourth-order valence-corrected chi connectivity index (χ4v) is 3.37. The Morgan fingerprint density at radius 3 is 2.52 bits per heavy atom. The van der Waals surface area contributed by atoms with Crippen LogP contribution in [0.2, 0.25) is 10.0 Å². The van der Waals surface area contributed by atoms with Crippen LogP contribution in [0, 0.1) is 13.8 Å². The number of anilines is 1. The van der Waals surface area contributed by atoms with Gasteiger partial charge in [0.2, 0.25) is 5.91 Å². The van der Waals surface area contributed by atoms with Crippen LogP contribution < -0.4 is 5.32 Å². The molecular weight excluding hydrogens is 401 g/mol. The quantitative estimate of drug-likeness (QED) is 0.533. The summed E-state index contributed by atoms with van der Waals surface area (Å²) >= 11 is 13.1. The van der Waals surface area contributed by atoms with Gasteiger partial charge in [0.15, 0.2) is 0 Å². The zero-order chi connectivity index (χ0) is 19.4. The first kappa shape index (κ1) is 19.7. The lowest BCUT2D eigenvalue weighted by molar-refractivity contribution is -0.113. The molecule has 0 aliphatic rings. The minimum absolute atomic E-state index is 0.154. The summed E-state index contributed by atoms with van der Waals surface area (Å²) in [6.07, 6.45) is 0. The first-order chi connectivity index (χ1) is 12.9. The zero-order valence-electron chi connectivity index (χ0n) is 14.8. The molecule has 138 valence electrons. The Hall–Kier alpha value is -2.08. The molecule has 0 atom stereocenters. The van der Waals surface area contributed by atoms with Crippen molar-refractivity contribution in [2.24, 2.45) is 0 Å². The summed E-state index contributed by atoms with van der Waals surface area (Å²) < 4.78 is 0. The summed E-state index contributed by atoms with van der Waals surface area (Å²) in [6.45, 7) is 4.10. The van der Waals surface area contributed by atoms with Crippen LogP contribution in [0.3, 0.4) is 0 Å². The molecular formula is C20H17Cl2N3OS. The number of amides is 1. The first-order valence-electron chi connectivity index (χ1n) is 8.21. The lowest BCUT2D eigenvalue weighted by Crippen LogP contribution is -2.14. The van der Waals surface area contributed by atoms with Gasteiger partial charge in [-0.05, 0) is 55.8 Å². The minimum atomic E-state index is -0.154. The second-order valence-corrected chi connectivity index (χ2v) is 7.85. The Morgan fingerprint density at radius 1 is 1.00 bits per heavy atom. The van der Waals surface area contributed by atoms with Crippen LogP contribution in [0.5, 0.6) is 0 Å². The highest BCUT2D eigenvalue weighted by molar-refractivity contribution is 7.99. The van der Waals surface area contributed by atoms with Gasteiger partial charge in [-0.3, -0.25) is 4.79 Å². The normalized spacial score (nSPS) is 10.7. The van der Waals surface area contributed by atoms with E-state index in [0.29, 0.717) is 20.8 Å². The molecule has 0 aliphatic heterocycles. The molecule has 1 aromatic heterocycles. The van der Waals surface area contributed by atoms with Gasteiger partial charge < -0.3 is 5.32 Å². The predicted molar refractivity (Wildman–Crippen MR) is 113 cm³/mol. The number of hydrogen-bond acceptors (Lipinski definition) is 4. The van der Waals surface area contributed by atoms with Gasteiger partial charge in [-0.1, -0.05) is 52.7 Å². The van der Waals surface area contributed by atoms with E-state index in [4.69, 9.17) is 23.2 Å². The van der Waals surface area contributed by atoms with Crippen LogP contribution in [0.15, 0.2) is 53.6 Å². The summed E-state index contributed by atoms with van der Waals surface area (Å²) in [5.74, 6) is 0.0661. The monoisotopic (exact) mass is 417 g/mol. The van der Waals surface area contributed by atoms with Crippen molar-refractivity contribution in [3.05, 3.63) is 69.7 Å². The van der Waals surface area contributed by atoms with Crippen molar-refractivity contribution < 1.29 is 4.79 Å². The molecule has 0 radical (unpaired) electrons. The lowest BCUT2D eigenvalue weighted by atomic mass is 10.0. The molecule has 3 aromatic rings. The second kappa shape index (κ2) is 8.74. The van der Waals surface area contributed by atoms with Crippen LogP contribution in [-0.2, 0) is 4.79 Å². The molecule has 0 saturated heterocycles. The molecule has 1 N–H and O–H groups in total. The molecule has 2 aromatic carbocycles. The van der Waals surface area contributed by atoms with Gasteiger partial charge >= 0.3 is 0 Å². The molecule has 0 unspecified atom stereocenters. The maximum absolute atomic E-state index is 12.1. The first-order valence-corrected chi connectivity index (χ1v) is 9.95. The van der Waals surface area contributed by atoms with E-state index in [-0.39, 0.29) is 11.7 Å². The topological polar surface area (TPSA) is 54.9 Å². The largest absolute Gasteiger partial charge is 0.325 e. The Labute approximate surface area is 172 Å². The van der Waals surface area contributed by atoms with E-state index in [1.54, 1.807) is 18.2 Å². The molecule has 27 heavy (non-hydrogen) atoms. The third-order valence-electron chi connectivity index (χ3n) is 3.86. The van der Waals surface area contributed by atoms with Crippen molar-refractivity contribution in [2.45, 2.75) is 18.9 Å². The number of halogens is 2. The highest BCUT2D eigenvalue weighted by atomic mass is 35.5. The van der Waals surface area contributed by atoms with E-state index in [9.17, 15) is 4.79 Å². The number of aryl methyl sites for hydroxylation is 2. The Kier molecular flexibility index (Phi) is 6.37. The van der Waals surface area contributed by atoms with Crippen LogP contribution >= 0.6 is 35.0 Å². The second-order valence-electron chi connectivity index (χ2n) is 6.04. The Morgan fingerprint density at radius 2 is 1.81 bits per heavy atom. The number of nitrogens with zero attached hydrogens (tertiary/aromatic N) is 2. The third-order valence-corrected chi connectivity index (χ3v) is 5.52. The molecule has 3 rings (SSSR count). The average molecular weight is 418 g/mol. The molecule has 4 nitrogen and oxygen atoms in total. The van der Waals surface area contributed by atoms with Gasteiger partial charge in [0.05, 0.1) is 21.5 Å². The van der Waals surface area contributed by atoms with Crippen LogP contribution in [0.25, 0.3) is 11.3 Å². The van der Waals surface area contributed by atoms with E-state index in [0.717, 1.165) is 16.8 Å². The van der Waals surface area contributed by atoms with Crippen LogP contribution in [0.4, 0.5) is 5.69 Å². The van der Waals surface area contributed by atoms with Gasteiger partial charge in [0.1, 0.15) is 5.03 Å². The highest BCUT2D eigenvalue weighted by Crippen LogP contribution is 2.26. The SMILES string of the molecule is Cc1ccc(C)c(-c2ccc(SCC(=O)Nc3ccc(Cl)c(Cl)c3)nn2)c1. The standard InChI is InChI=1S/C20H17Cl2N3OS/c1-12-3-4-13(2)15(9-12)18-7-8-20(25-24-18)27-11-19(26)23-14-5-6-16(21)17(22)10-14/h3-10H,11H2,1-2H3,(H,23,26). The number of carbonyl (C=O) groups is 1. The van der Waals surface area contributed by atoms with Crippen LogP contribution in [-0.4, -0.2) is 21.9 Å². The molecule has 1 amide bonds. The molecule has 0 bridgehead atoms. The van der Waals surface area contributed by atoms with Crippen molar-refractivity contribution in [1.82, 2.24) is 10.2 Å². The fraction of sp³-hybridized carbons (Fsp3) is 0.150. The molecule has 7 heteroatoms. The predicted octanol–water partition coefficient (Wildman–Crippen LogP) is 5.80. The van der Waals surface area contributed by atoms with Crippen molar-refractivity contribution in [2.75, 3.05) is 11.1 Å². The van der Waals surface area contributed by atoms with E-state index >= 15 is 0 Å². The average Bonchev–Trinajstić information content (AvgIpc) is 2.65. The van der Waals surface area contributed by atoms with Gasteiger partial charge in [-0.15, -0.1) is 10.2 Å². The number of rotatable bonds is 5. The fourth-order valence-electron chi connectivity index (χ4n) is 2.46. The van der Waals surface area contributed by atoms with E-state index in [2.05, 4.69) is 33.7 Å². The maximum atomic E-state index is 12.1. The summed E-state index contributed by atoms with van der Waals surface area (Å²) in [4.78, 5) is 12.1. The molecule has 0 saturated carbocycles. The lowest BCUT2D eigenvalue weighted by Gasteiger charge is -2.07. The van der Waals surface area contributed by atoms with E-state index in [1.807, 2.05) is 26.0 Å². The summed E-state index contributed by atoms with van der Waals surface area (Å²) in [5, 5.41) is 12.8. The minimum Gasteiger partial charge on any atom is -0.325 e. The van der Waals surface area contributed by atoms with Crippen molar-refractivity contribution in [3.8, 4) is 11.3 Å². The van der Waals surface area contributed by atoms with Gasteiger partial charge in [-0.2, -0.15) is 0 Å². The third kappa shape index (κ3) is 5.22. The maximum Gasteiger partial charge on any atom is 0.234 e. The number of hydrogen-bond donors (Lipinski definition) is 1. The Bertz CT molecular complexity index is 977. The van der Waals surface area contributed by atoms with Crippen molar-refractivity contribution >= 4 is 46.6 Å². The number of carbonyl (C=O) groups excluding carboxylic acids is 1. The number of benzene rings is 2. The van der Waals surface area contributed by atoms with E-state index < -0.39 is 0 Å². The smallest absolute Gasteiger partial charge is 0.234 e. The zero-order valence-corrected chi connectivity index (χ0v) is 17.1. The van der Waals surface area contributed by atoms with Gasteiger partial charge in [0, 0.05) is 11.3 Å². The number of nitrogens with one attached hydrogen (secondary N) is 1. The van der Waals surface area contributed by atoms with Crippen molar-refractivity contribution in [3.63, 3.8) is 0 Å². The summed E-state index contributed by atoms with van der Waals surface area (Å²) in [5.41, 5.74) is 4.81. The van der Waals surface area contributed by atoms with Crippen LogP contribution in [0.1, 0.15) is 11.1 Å². The molecule has 0 spiro atoms. The molecule has 0 aliphatic carbocycles. The Balaban J connectivity index is 1.60. The highest BCUT2D eigenvalue weighted by Gasteiger charge is 2.08. The van der Waals surface area contributed by atoms with Crippen molar-refractivity contribution in [1.29, 1.82) is 0 Å². The summed E-state index contributed by atoms with van der Waals surface area (Å²) in [7, 11) is 0. The number of aromatic nitrogens is 2. The van der Waals surface area contributed by atoms with Gasteiger partial charge in [-0.25, -0.2) is 0 Å². The molecule has 1 heterocycles. The molecule has 0 fully saturated rings. The summed E-state index contributed by atoms with van der Waals surface area (Å²) in [6, 6.07) is 15.0. The van der Waals surface area contributed by atoms with E-state index in [1.165, 1.54) is 17.3 Å². The van der Waals surface area contributed by atoms with Gasteiger partial charge in [0.25, 0.3) is 0 Å².